The molecule has 1 aliphatic heterocycles. The van der Waals surface area contributed by atoms with Crippen LogP contribution in [0.1, 0.15) is 17.0 Å². The molecule has 1 N–H and O–H groups in total. The highest BCUT2D eigenvalue weighted by molar-refractivity contribution is 5.37. The standard InChI is InChI=1S/C8H8N4O2/c1-4-5-2-14-3-6(5)12-7(9-4)10-11-8(12)13/h2-3H2,1H3,(H,11,13). The minimum Gasteiger partial charge on any atom is -0.370 e. The van der Waals surface area contributed by atoms with Crippen LogP contribution in [0.15, 0.2) is 4.79 Å². The van der Waals surface area contributed by atoms with Crippen LogP contribution in [0.3, 0.4) is 0 Å². The van der Waals surface area contributed by atoms with Crippen molar-refractivity contribution in [3.8, 4) is 0 Å². The molecular formula is C8H8N4O2. The fourth-order valence-corrected chi connectivity index (χ4v) is 1.76. The summed E-state index contributed by atoms with van der Waals surface area (Å²) in [6.07, 6.45) is 0. The van der Waals surface area contributed by atoms with Gasteiger partial charge in [-0.25, -0.2) is 19.3 Å². The van der Waals surface area contributed by atoms with Crippen LogP contribution in [0.4, 0.5) is 0 Å². The molecule has 0 unspecified atom stereocenters. The number of H-pyrrole nitrogens is 1. The van der Waals surface area contributed by atoms with Crippen molar-refractivity contribution in [2.45, 2.75) is 20.1 Å². The summed E-state index contributed by atoms with van der Waals surface area (Å²) < 4.78 is 6.75. The molecule has 0 amide bonds. The zero-order valence-electron chi connectivity index (χ0n) is 7.57. The summed E-state index contributed by atoms with van der Waals surface area (Å²) in [5.41, 5.74) is 2.49. The number of nitrogens with one attached hydrogen (secondary N) is 1. The van der Waals surface area contributed by atoms with E-state index in [1.54, 1.807) is 0 Å². The molecule has 0 spiro atoms. The molecule has 6 heteroatoms. The Labute approximate surface area is 78.5 Å². The lowest BCUT2D eigenvalue weighted by Gasteiger charge is -2.01. The number of hydrogen-bond donors (Lipinski definition) is 1. The molecule has 0 saturated heterocycles. The lowest BCUT2D eigenvalue weighted by Crippen LogP contribution is -2.14. The summed E-state index contributed by atoms with van der Waals surface area (Å²) >= 11 is 0. The maximum atomic E-state index is 11.4. The van der Waals surface area contributed by atoms with Crippen molar-refractivity contribution in [3.05, 3.63) is 27.4 Å². The third kappa shape index (κ3) is 0.805. The van der Waals surface area contributed by atoms with Gasteiger partial charge >= 0.3 is 5.69 Å². The normalized spacial score (nSPS) is 14.9. The van der Waals surface area contributed by atoms with Gasteiger partial charge in [-0.2, -0.15) is 0 Å². The first-order valence-corrected chi connectivity index (χ1v) is 4.30. The number of aromatic amines is 1. The van der Waals surface area contributed by atoms with Gasteiger partial charge in [0.2, 0.25) is 0 Å². The molecule has 0 saturated carbocycles. The molecule has 14 heavy (non-hydrogen) atoms. The zero-order chi connectivity index (χ0) is 9.71. The van der Waals surface area contributed by atoms with Gasteiger partial charge in [-0.05, 0) is 6.92 Å². The molecule has 2 aromatic heterocycles. The van der Waals surface area contributed by atoms with Crippen molar-refractivity contribution in [1.29, 1.82) is 0 Å². The van der Waals surface area contributed by atoms with E-state index in [0.29, 0.717) is 19.0 Å². The monoisotopic (exact) mass is 192 g/mol. The molecule has 0 bridgehead atoms. The van der Waals surface area contributed by atoms with E-state index >= 15 is 0 Å². The second-order valence-electron chi connectivity index (χ2n) is 3.28. The number of rotatable bonds is 0. The lowest BCUT2D eigenvalue weighted by molar-refractivity contribution is 0.132. The third-order valence-corrected chi connectivity index (χ3v) is 2.46. The maximum absolute atomic E-state index is 11.4. The van der Waals surface area contributed by atoms with Gasteiger partial charge in [0.25, 0.3) is 5.78 Å². The highest BCUT2D eigenvalue weighted by Gasteiger charge is 2.20. The Hall–Kier alpha value is -1.69. The Kier molecular flexibility index (Phi) is 1.33. The summed E-state index contributed by atoms with van der Waals surface area (Å²) in [6, 6.07) is 0. The van der Waals surface area contributed by atoms with E-state index in [1.807, 2.05) is 6.92 Å². The Morgan fingerprint density at radius 1 is 1.50 bits per heavy atom. The average molecular weight is 192 g/mol. The Morgan fingerprint density at radius 3 is 3.21 bits per heavy atom. The second-order valence-corrected chi connectivity index (χ2v) is 3.28. The first-order chi connectivity index (χ1) is 6.77. The SMILES string of the molecule is Cc1nc2n[nH]c(=O)n2c2c1COC2. The maximum Gasteiger partial charge on any atom is 0.349 e. The molecule has 2 aromatic rings. The number of fused-ring (bicyclic) bond motifs is 3. The van der Waals surface area contributed by atoms with Gasteiger partial charge in [0.05, 0.1) is 18.9 Å². The smallest absolute Gasteiger partial charge is 0.349 e. The lowest BCUT2D eigenvalue weighted by atomic mass is 10.2. The number of aromatic nitrogens is 4. The van der Waals surface area contributed by atoms with Crippen molar-refractivity contribution >= 4 is 5.78 Å². The van der Waals surface area contributed by atoms with E-state index < -0.39 is 0 Å². The molecule has 0 atom stereocenters. The van der Waals surface area contributed by atoms with E-state index in [9.17, 15) is 4.79 Å². The third-order valence-electron chi connectivity index (χ3n) is 2.46. The van der Waals surface area contributed by atoms with Crippen LogP contribution in [0.5, 0.6) is 0 Å². The quantitative estimate of drug-likeness (QED) is 0.625. The number of aryl methyl sites for hydroxylation is 1. The number of hydrogen-bond acceptors (Lipinski definition) is 4. The number of nitrogens with zero attached hydrogens (tertiary/aromatic N) is 3. The van der Waals surface area contributed by atoms with Crippen LogP contribution in [0.25, 0.3) is 5.78 Å². The van der Waals surface area contributed by atoms with E-state index in [2.05, 4.69) is 15.2 Å². The zero-order valence-corrected chi connectivity index (χ0v) is 7.57. The first-order valence-electron chi connectivity index (χ1n) is 4.30. The predicted molar refractivity (Wildman–Crippen MR) is 46.8 cm³/mol. The van der Waals surface area contributed by atoms with Gasteiger partial charge in [0, 0.05) is 11.3 Å². The minimum absolute atomic E-state index is 0.255. The van der Waals surface area contributed by atoms with E-state index in [4.69, 9.17) is 4.74 Å². The fraction of sp³-hybridized carbons (Fsp3) is 0.375. The molecule has 0 radical (unpaired) electrons. The average Bonchev–Trinajstić information content (AvgIpc) is 2.72. The Balaban J connectivity index is 2.55. The van der Waals surface area contributed by atoms with E-state index in [0.717, 1.165) is 17.0 Å². The van der Waals surface area contributed by atoms with Gasteiger partial charge in [0.1, 0.15) is 0 Å². The van der Waals surface area contributed by atoms with Crippen molar-refractivity contribution in [3.63, 3.8) is 0 Å². The minimum atomic E-state index is -0.255. The van der Waals surface area contributed by atoms with Crippen LogP contribution in [-0.2, 0) is 18.0 Å². The van der Waals surface area contributed by atoms with Gasteiger partial charge in [-0.15, -0.1) is 5.10 Å². The highest BCUT2D eigenvalue weighted by atomic mass is 16.5. The second kappa shape index (κ2) is 2.42. The van der Waals surface area contributed by atoms with Crippen molar-refractivity contribution in [1.82, 2.24) is 19.6 Å². The Bertz CT molecular complexity index is 568. The molecule has 6 nitrogen and oxygen atoms in total. The van der Waals surface area contributed by atoms with Gasteiger partial charge in [-0.1, -0.05) is 0 Å². The van der Waals surface area contributed by atoms with Crippen LogP contribution in [-0.4, -0.2) is 19.6 Å². The van der Waals surface area contributed by atoms with Crippen molar-refractivity contribution < 1.29 is 4.74 Å². The van der Waals surface area contributed by atoms with E-state index in [1.165, 1.54) is 4.40 Å². The molecule has 0 aromatic carbocycles. The summed E-state index contributed by atoms with van der Waals surface area (Å²) in [5.74, 6) is 0.414. The summed E-state index contributed by atoms with van der Waals surface area (Å²) in [5, 5.41) is 6.19. The molecule has 72 valence electrons. The largest absolute Gasteiger partial charge is 0.370 e. The highest BCUT2D eigenvalue weighted by Crippen LogP contribution is 2.21. The van der Waals surface area contributed by atoms with Gasteiger partial charge in [0.15, 0.2) is 0 Å². The fourth-order valence-electron chi connectivity index (χ4n) is 1.76. The van der Waals surface area contributed by atoms with Gasteiger partial charge in [-0.3, -0.25) is 0 Å². The van der Waals surface area contributed by atoms with E-state index in [-0.39, 0.29) is 5.69 Å². The van der Waals surface area contributed by atoms with Crippen molar-refractivity contribution in [2.24, 2.45) is 0 Å². The molecule has 0 fully saturated rings. The van der Waals surface area contributed by atoms with Crippen LogP contribution < -0.4 is 5.69 Å². The summed E-state index contributed by atoms with van der Waals surface area (Å²) in [7, 11) is 0. The van der Waals surface area contributed by atoms with Crippen LogP contribution in [0.2, 0.25) is 0 Å². The summed E-state index contributed by atoms with van der Waals surface area (Å²) in [6.45, 7) is 2.88. The predicted octanol–water partition coefficient (Wildman–Crippen LogP) is -0.244. The first kappa shape index (κ1) is 7.69. The topological polar surface area (TPSA) is 72.3 Å². The van der Waals surface area contributed by atoms with Crippen LogP contribution >= 0.6 is 0 Å². The molecule has 3 rings (SSSR count). The van der Waals surface area contributed by atoms with Crippen LogP contribution in [0, 0.1) is 6.92 Å². The van der Waals surface area contributed by atoms with Crippen molar-refractivity contribution in [2.75, 3.05) is 0 Å². The number of ether oxygens (including phenoxy) is 1. The molecule has 3 heterocycles. The molecular weight excluding hydrogens is 184 g/mol. The molecule has 1 aliphatic rings. The summed E-state index contributed by atoms with van der Waals surface area (Å²) in [4.78, 5) is 15.6. The molecule has 0 aliphatic carbocycles. The Morgan fingerprint density at radius 2 is 2.36 bits per heavy atom. The van der Waals surface area contributed by atoms with Gasteiger partial charge < -0.3 is 4.74 Å².